The number of halogens is 1. The summed E-state index contributed by atoms with van der Waals surface area (Å²) in [4.78, 5) is 35.1. The minimum Gasteiger partial charge on any atom is -0.294 e. The molecule has 7 heteroatoms. The van der Waals surface area contributed by atoms with Crippen molar-refractivity contribution in [3.8, 4) is 0 Å². The third-order valence-electron chi connectivity index (χ3n) is 3.03. The molecule has 1 aromatic rings. The van der Waals surface area contributed by atoms with Gasteiger partial charge in [0.15, 0.2) is 0 Å². The summed E-state index contributed by atoms with van der Waals surface area (Å²) in [7, 11) is 0. The zero-order valence-corrected chi connectivity index (χ0v) is 12.1. The Hall–Kier alpha value is -2.18. The molecular weight excluding hydrogens is 294 g/mol. The molecule has 1 aromatic carbocycles. The second-order valence-electron chi connectivity index (χ2n) is 4.43. The Labute approximate surface area is 128 Å². The van der Waals surface area contributed by atoms with Crippen molar-refractivity contribution in [2.75, 3.05) is 4.90 Å². The van der Waals surface area contributed by atoms with Crippen molar-refractivity contribution in [2.45, 2.75) is 19.3 Å². The monoisotopic (exact) mass is 309 g/mol. The molecule has 0 fully saturated rings. The Morgan fingerprint density at radius 2 is 1.67 bits per heavy atom. The molecule has 0 bridgehead atoms. The van der Waals surface area contributed by atoms with Crippen LogP contribution in [0.5, 0.6) is 0 Å². The number of aryl methyl sites for hydroxylation is 1. The number of benzene rings is 1. The molecule has 6 nitrogen and oxygen atoms in total. The van der Waals surface area contributed by atoms with Crippen LogP contribution in [0.2, 0.25) is 0 Å². The van der Waals surface area contributed by atoms with Crippen LogP contribution in [0.15, 0.2) is 36.4 Å². The highest BCUT2D eigenvalue weighted by atomic mass is 35.5. The maximum absolute atomic E-state index is 11.5. The molecule has 0 atom stereocenters. The van der Waals surface area contributed by atoms with Crippen molar-refractivity contribution in [3.05, 3.63) is 42.0 Å². The van der Waals surface area contributed by atoms with Crippen LogP contribution in [-0.4, -0.2) is 17.7 Å². The summed E-state index contributed by atoms with van der Waals surface area (Å²) in [5.41, 5.74) is 3.66. The molecule has 1 heterocycles. The van der Waals surface area contributed by atoms with E-state index in [-0.39, 0.29) is 30.1 Å². The fourth-order valence-corrected chi connectivity index (χ4v) is 1.99. The minimum atomic E-state index is -0.331. The van der Waals surface area contributed by atoms with E-state index < -0.39 is 0 Å². The van der Waals surface area contributed by atoms with Crippen LogP contribution in [0.25, 0.3) is 0 Å². The average molecular weight is 310 g/mol. The van der Waals surface area contributed by atoms with Gasteiger partial charge in [-0.1, -0.05) is 12.1 Å². The van der Waals surface area contributed by atoms with Gasteiger partial charge in [0.2, 0.25) is 5.91 Å². The number of anilines is 1. The van der Waals surface area contributed by atoms with Gasteiger partial charge in [0, 0.05) is 18.6 Å². The Kier molecular flexibility index (Phi) is 6.08. The highest BCUT2D eigenvalue weighted by molar-refractivity contribution is 6.28. The third-order valence-corrected chi connectivity index (χ3v) is 3.03. The molecule has 0 unspecified atom stereocenters. The lowest BCUT2D eigenvalue weighted by molar-refractivity contribution is -0.121. The summed E-state index contributed by atoms with van der Waals surface area (Å²) in [6.45, 7) is 0. The number of amides is 3. The van der Waals surface area contributed by atoms with Crippen LogP contribution in [0.4, 0.5) is 5.69 Å². The van der Waals surface area contributed by atoms with Gasteiger partial charge in [0.1, 0.15) is 0 Å². The lowest BCUT2D eigenvalue weighted by atomic mass is 10.1. The van der Waals surface area contributed by atoms with Crippen LogP contribution in [0, 0.1) is 0 Å². The maximum Gasteiger partial charge on any atom is 0.258 e. The molecule has 0 aromatic heterocycles. The molecular formula is C14H16ClN3O3. The van der Waals surface area contributed by atoms with Crippen molar-refractivity contribution < 1.29 is 14.4 Å². The second kappa shape index (κ2) is 7.56. The van der Waals surface area contributed by atoms with Crippen molar-refractivity contribution in [1.29, 1.82) is 0 Å². The Bertz CT molecular complexity index is 551. The quantitative estimate of drug-likeness (QED) is 0.365. The number of hydrogen-bond donors (Lipinski definition) is 2. The van der Waals surface area contributed by atoms with E-state index in [4.69, 9.17) is 5.84 Å². The molecule has 0 spiro atoms. The summed E-state index contributed by atoms with van der Waals surface area (Å²) in [6.07, 6.45) is 4.29. The van der Waals surface area contributed by atoms with E-state index in [0.29, 0.717) is 18.5 Å². The molecule has 1 aliphatic rings. The first-order valence-electron chi connectivity index (χ1n) is 6.26. The molecule has 3 amide bonds. The fourth-order valence-electron chi connectivity index (χ4n) is 1.99. The van der Waals surface area contributed by atoms with E-state index in [1.54, 1.807) is 12.1 Å². The van der Waals surface area contributed by atoms with Gasteiger partial charge < -0.3 is 0 Å². The number of nitrogens with one attached hydrogen (secondary N) is 1. The van der Waals surface area contributed by atoms with E-state index in [9.17, 15) is 14.4 Å². The summed E-state index contributed by atoms with van der Waals surface area (Å²) < 4.78 is 0. The van der Waals surface area contributed by atoms with Gasteiger partial charge in [-0.25, -0.2) is 10.7 Å². The van der Waals surface area contributed by atoms with Crippen LogP contribution in [0.1, 0.15) is 18.4 Å². The maximum atomic E-state index is 11.5. The third kappa shape index (κ3) is 4.14. The molecule has 0 saturated heterocycles. The first-order chi connectivity index (χ1) is 9.61. The summed E-state index contributed by atoms with van der Waals surface area (Å²) in [6, 6.07) is 7.13. The zero-order valence-electron chi connectivity index (χ0n) is 11.2. The van der Waals surface area contributed by atoms with E-state index >= 15 is 0 Å². The predicted octanol–water partition coefficient (Wildman–Crippen LogP) is 0.850. The van der Waals surface area contributed by atoms with Crippen LogP contribution in [0.3, 0.4) is 0 Å². The van der Waals surface area contributed by atoms with Gasteiger partial charge in [0.05, 0.1) is 5.69 Å². The first-order valence-corrected chi connectivity index (χ1v) is 6.26. The second-order valence-corrected chi connectivity index (χ2v) is 4.43. The van der Waals surface area contributed by atoms with Crippen molar-refractivity contribution in [3.63, 3.8) is 0 Å². The van der Waals surface area contributed by atoms with Crippen LogP contribution >= 0.6 is 12.4 Å². The molecule has 0 radical (unpaired) electrons. The molecule has 3 N–H and O–H groups in total. The number of hydrogen-bond acceptors (Lipinski definition) is 4. The van der Waals surface area contributed by atoms with Crippen molar-refractivity contribution in [2.24, 2.45) is 5.84 Å². The Balaban J connectivity index is 0.00000220. The largest absolute Gasteiger partial charge is 0.294 e. The molecule has 1 aliphatic heterocycles. The number of imide groups is 1. The summed E-state index contributed by atoms with van der Waals surface area (Å²) >= 11 is 0. The smallest absolute Gasteiger partial charge is 0.258 e. The van der Waals surface area contributed by atoms with Gasteiger partial charge in [0.25, 0.3) is 11.8 Å². The van der Waals surface area contributed by atoms with Gasteiger partial charge in [-0.15, -0.1) is 12.4 Å². The van der Waals surface area contributed by atoms with Crippen molar-refractivity contribution >= 4 is 35.8 Å². The lowest BCUT2D eigenvalue weighted by Crippen LogP contribution is -2.29. The van der Waals surface area contributed by atoms with Gasteiger partial charge in [-0.2, -0.15) is 0 Å². The molecule has 0 saturated carbocycles. The summed E-state index contributed by atoms with van der Waals surface area (Å²) in [5, 5.41) is 0. The Morgan fingerprint density at radius 1 is 1.10 bits per heavy atom. The average Bonchev–Trinajstić information content (AvgIpc) is 2.79. The lowest BCUT2D eigenvalue weighted by Gasteiger charge is -2.14. The number of nitrogens with two attached hydrogens (primary N) is 1. The van der Waals surface area contributed by atoms with E-state index in [1.165, 1.54) is 12.2 Å². The molecule has 2 rings (SSSR count). The number of carbonyl (C=O) groups is 3. The minimum absolute atomic E-state index is 0. The highest BCUT2D eigenvalue weighted by Gasteiger charge is 2.24. The number of carbonyl (C=O) groups excluding carboxylic acids is 3. The van der Waals surface area contributed by atoms with Gasteiger partial charge in [-0.05, 0) is 30.5 Å². The Morgan fingerprint density at radius 3 is 2.19 bits per heavy atom. The number of rotatable bonds is 5. The van der Waals surface area contributed by atoms with E-state index in [0.717, 1.165) is 16.9 Å². The SMILES string of the molecule is Cl.NNC(=O)CCCc1ccc(N2C(=O)C=CC2=O)cc1. The van der Waals surface area contributed by atoms with Crippen molar-refractivity contribution in [1.82, 2.24) is 5.43 Å². The molecule has 112 valence electrons. The van der Waals surface area contributed by atoms with Crippen LogP contribution in [-0.2, 0) is 20.8 Å². The van der Waals surface area contributed by atoms with Gasteiger partial charge in [-0.3, -0.25) is 19.8 Å². The predicted molar refractivity (Wildman–Crippen MR) is 80.6 cm³/mol. The summed E-state index contributed by atoms with van der Waals surface area (Å²) in [5.74, 6) is 4.14. The van der Waals surface area contributed by atoms with Crippen LogP contribution < -0.4 is 16.2 Å². The first kappa shape index (κ1) is 16.9. The fraction of sp³-hybridized carbons (Fsp3) is 0.214. The van der Waals surface area contributed by atoms with Gasteiger partial charge >= 0.3 is 0 Å². The highest BCUT2D eigenvalue weighted by Crippen LogP contribution is 2.20. The van der Waals surface area contributed by atoms with E-state index in [2.05, 4.69) is 5.43 Å². The number of nitrogens with zero attached hydrogens (tertiary/aromatic N) is 1. The zero-order chi connectivity index (χ0) is 14.5. The topological polar surface area (TPSA) is 92.5 Å². The molecule has 0 aliphatic carbocycles. The van der Waals surface area contributed by atoms with E-state index in [1.807, 2.05) is 12.1 Å². The number of hydrazine groups is 1. The normalized spacial score (nSPS) is 13.3. The molecule has 21 heavy (non-hydrogen) atoms. The standard InChI is InChI=1S/C14H15N3O3.ClH/c15-16-12(18)3-1-2-10-4-6-11(7-5-10)17-13(19)8-9-14(17)20;/h4-9H,1-3,15H2,(H,16,18);1H.